The second-order valence-electron chi connectivity index (χ2n) is 4.96. The van der Waals surface area contributed by atoms with Gasteiger partial charge >= 0.3 is 0 Å². The predicted molar refractivity (Wildman–Crippen MR) is 69.5 cm³/mol. The summed E-state index contributed by atoms with van der Waals surface area (Å²) in [5.41, 5.74) is 1.43. The summed E-state index contributed by atoms with van der Waals surface area (Å²) in [7, 11) is 3.84. The second-order valence-corrected chi connectivity index (χ2v) is 4.96. The van der Waals surface area contributed by atoms with Crippen molar-refractivity contribution < 1.29 is 4.74 Å². The van der Waals surface area contributed by atoms with E-state index < -0.39 is 0 Å². The summed E-state index contributed by atoms with van der Waals surface area (Å²) < 4.78 is 7.37. The molecule has 5 heteroatoms. The predicted octanol–water partition coefficient (Wildman–Crippen LogP) is 1.46. The number of hydrogen-bond donors (Lipinski definition) is 0. The highest BCUT2D eigenvalue weighted by atomic mass is 16.5. The quantitative estimate of drug-likeness (QED) is 0.715. The lowest BCUT2D eigenvalue weighted by Gasteiger charge is -2.19. The number of hydrogen-bond acceptors (Lipinski definition) is 4. The highest BCUT2D eigenvalue weighted by Crippen LogP contribution is 2.28. The molecule has 1 aliphatic carbocycles. The summed E-state index contributed by atoms with van der Waals surface area (Å²) in [5.74, 6) is 1.66. The molecule has 5 nitrogen and oxygen atoms in total. The molecule has 1 aromatic heterocycles. The van der Waals surface area contributed by atoms with Gasteiger partial charge in [0.1, 0.15) is 17.5 Å². The van der Waals surface area contributed by atoms with Crippen molar-refractivity contribution in [3.8, 4) is 6.07 Å². The third-order valence-corrected chi connectivity index (χ3v) is 3.29. The van der Waals surface area contributed by atoms with Crippen LogP contribution in [0.5, 0.6) is 0 Å². The highest BCUT2D eigenvalue weighted by molar-refractivity contribution is 5.56. The molecule has 1 saturated carbocycles. The fourth-order valence-electron chi connectivity index (χ4n) is 2.06. The number of likely N-dealkylation sites (N-methyl/N-ethyl adjacent to an activating group) is 1. The van der Waals surface area contributed by atoms with Gasteiger partial charge in [0, 0.05) is 27.2 Å². The van der Waals surface area contributed by atoms with Crippen LogP contribution in [0.15, 0.2) is 0 Å². The maximum Gasteiger partial charge on any atom is 0.144 e. The first-order valence-electron chi connectivity index (χ1n) is 6.36. The molecular formula is C13H20N4O. The minimum Gasteiger partial charge on any atom is -0.379 e. The molecule has 0 aliphatic heterocycles. The van der Waals surface area contributed by atoms with E-state index in [-0.39, 0.29) is 0 Å². The Kier molecular flexibility index (Phi) is 3.87. The Hall–Kier alpha value is -1.54. The molecule has 98 valence electrons. The number of nitrogens with zero attached hydrogens (tertiary/aromatic N) is 4. The largest absolute Gasteiger partial charge is 0.379 e. The van der Waals surface area contributed by atoms with Gasteiger partial charge in [-0.25, -0.2) is 0 Å². The molecule has 1 heterocycles. The number of anilines is 1. The van der Waals surface area contributed by atoms with Crippen LogP contribution in [-0.2, 0) is 11.8 Å². The van der Waals surface area contributed by atoms with Crippen LogP contribution in [0.2, 0.25) is 0 Å². The fraction of sp³-hybridized carbons (Fsp3) is 0.692. The van der Waals surface area contributed by atoms with Crippen LogP contribution in [0.4, 0.5) is 5.82 Å². The average molecular weight is 248 g/mol. The Bertz CT molecular complexity index is 456. The van der Waals surface area contributed by atoms with Gasteiger partial charge in [0.15, 0.2) is 0 Å². The molecule has 0 N–H and O–H groups in total. The SMILES string of the molecule is Cc1nn(C)c(N(C)CCOCC2CC2)c1C#N. The zero-order valence-electron chi connectivity index (χ0n) is 11.3. The first-order valence-corrected chi connectivity index (χ1v) is 6.36. The molecule has 0 radical (unpaired) electrons. The Morgan fingerprint density at radius 2 is 2.28 bits per heavy atom. The Balaban J connectivity index is 1.90. The minimum atomic E-state index is 0.655. The molecule has 0 bridgehead atoms. The first kappa shape index (κ1) is 12.9. The van der Waals surface area contributed by atoms with Crippen molar-refractivity contribution in [1.29, 1.82) is 5.26 Å². The van der Waals surface area contributed by atoms with Crippen molar-refractivity contribution >= 4 is 5.82 Å². The Morgan fingerprint density at radius 1 is 1.56 bits per heavy atom. The first-order chi connectivity index (χ1) is 8.63. The van der Waals surface area contributed by atoms with Gasteiger partial charge in [-0.15, -0.1) is 0 Å². The molecule has 0 saturated heterocycles. The van der Waals surface area contributed by atoms with E-state index >= 15 is 0 Å². The smallest absolute Gasteiger partial charge is 0.144 e. The summed E-state index contributed by atoms with van der Waals surface area (Å²) in [6.07, 6.45) is 2.63. The van der Waals surface area contributed by atoms with Crippen molar-refractivity contribution in [2.24, 2.45) is 13.0 Å². The lowest BCUT2D eigenvalue weighted by Crippen LogP contribution is -2.25. The molecule has 0 spiro atoms. The van der Waals surface area contributed by atoms with E-state index in [1.807, 2.05) is 25.9 Å². The second kappa shape index (κ2) is 5.40. The topological polar surface area (TPSA) is 54.1 Å². The standard InChI is InChI=1S/C13H20N4O/c1-10-12(8-14)13(17(3)15-10)16(2)6-7-18-9-11-4-5-11/h11H,4-7,9H2,1-3H3. The summed E-state index contributed by atoms with van der Waals surface area (Å²) in [6.45, 7) is 4.21. The third kappa shape index (κ3) is 2.82. The zero-order chi connectivity index (χ0) is 13.1. The summed E-state index contributed by atoms with van der Waals surface area (Å²) in [5, 5.41) is 13.4. The van der Waals surface area contributed by atoms with Gasteiger partial charge in [0.25, 0.3) is 0 Å². The molecule has 1 fully saturated rings. The summed E-state index contributed by atoms with van der Waals surface area (Å²) in [4.78, 5) is 2.03. The Morgan fingerprint density at radius 3 is 2.89 bits per heavy atom. The molecule has 0 amide bonds. The Labute approximate surface area is 108 Å². The van der Waals surface area contributed by atoms with E-state index in [4.69, 9.17) is 10.00 Å². The molecule has 0 atom stereocenters. The van der Waals surface area contributed by atoms with Crippen molar-refractivity contribution in [3.05, 3.63) is 11.3 Å². The average Bonchev–Trinajstić information content (AvgIpc) is 3.09. The van der Waals surface area contributed by atoms with E-state index in [1.54, 1.807) is 4.68 Å². The maximum absolute atomic E-state index is 9.15. The molecule has 1 aromatic rings. The van der Waals surface area contributed by atoms with Crippen LogP contribution >= 0.6 is 0 Å². The minimum absolute atomic E-state index is 0.655. The number of nitriles is 1. The van der Waals surface area contributed by atoms with Gasteiger partial charge < -0.3 is 9.64 Å². The zero-order valence-corrected chi connectivity index (χ0v) is 11.3. The van der Waals surface area contributed by atoms with Crippen molar-refractivity contribution in [3.63, 3.8) is 0 Å². The van der Waals surface area contributed by atoms with E-state index in [1.165, 1.54) is 12.8 Å². The monoisotopic (exact) mass is 248 g/mol. The lowest BCUT2D eigenvalue weighted by atomic mass is 10.2. The number of ether oxygens (including phenoxy) is 1. The van der Waals surface area contributed by atoms with E-state index in [0.717, 1.165) is 30.6 Å². The maximum atomic E-state index is 9.15. The normalized spacial score (nSPS) is 14.6. The van der Waals surface area contributed by atoms with Crippen LogP contribution in [-0.4, -0.2) is 36.6 Å². The van der Waals surface area contributed by atoms with Crippen LogP contribution in [0.3, 0.4) is 0 Å². The number of aryl methyl sites for hydroxylation is 2. The van der Waals surface area contributed by atoms with Crippen LogP contribution < -0.4 is 4.90 Å². The van der Waals surface area contributed by atoms with Crippen LogP contribution in [0, 0.1) is 24.2 Å². The van der Waals surface area contributed by atoms with Crippen LogP contribution in [0.1, 0.15) is 24.1 Å². The van der Waals surface area contributed by atoms with Crippen LogP contribution in [0.25, 0.3) is 0 Å². The molecule has 0 unspecified atom stereocenters. The summed E-state index contributed by atoms with van der Waals surface area (Å²) >= 11 is 0. The third-order valence-electron chi connectivity index (χ3n) is 3.29. The van der Waals surface area contributed by atoms with Gasteiger partial charge in [-0.3, -0.25) is 4.68 Å². The van der Waals surface area contributed by atoms with Gasteiger partial charge in [0.2, 0.25) is 0 Å². The highest BCUT2D eigenvalue weighted by Gasteiger charge is 2.21. The van der Waals surface area contributed by atoms with Gasteiger partial charge in [0.05, 0.1) is 12.3 Å². The molecule has 18 heavy (non-hydrogen) atoms. The summed E-state index contributed by atoms with van der Waals surface area (Å²) in [6, 6.07) is 2.22. The van der Waals surface area contributed by atoms with Crippen molar-refractivity contribution in [2.45, 2.75) is 19.8 Å². The van der Waals surface area contributed by atoms with Crippen molar-refractivity contribution in [1.82, 2.24) is 9.78 Å². The molecule has 2 rings (SSSR count). The van der Waals surface area contributed by atoms with E-state index in [2.05, 4.69) is 11.2 Å². The van der Waals surface area contributed by atoms with Gasteiger partial charge in [-0.2, -0.15) is 10.4 Å². The van der Waals surface area contributed by atoms with E-state index in [9.17, 15) is 0 Å². The van der Waals surface area contributed by atoms with Crippen molar-refractivity contribution in [2.75, 3.05) is 31.7 Å². The lowest BCUT2D eigenvalue weighted by molar-refractivity contribution is 0.130. The molecule has 0 aromatic carbocycles. The van der Waals surface area contributed by atoms with Gasteiger partial charge in [-0.05, 0) is 25.7 Å². The van der Waals surface area contributed by atoms with E-state index in [0.29, 0.717) is 12.2 Å². The molecule has 1 aliphatic rings. The fourth-order valence-corrected chi connectivity index (χ4v) is 2.06. The number of aromatic nitrogens is 2. The van der Waals surface area contributed by atoms with Gasteiger partial charge in [-0.1, -0.05) is 0 Å². The molecular weight excluding hydrogens is 228 g/mol. The number of rotatable bonds is 6.